The van der Waals surface area contributed by atoms with Gasteiger partial charge in [0.05, 0.1) is 11.4 Å². The van der Waals surface area contributed by atoms with Gasteiger partial charge in [0.2, 0.25) is 11.8 Å². The first-order chi connectivity index (χ1) is 34.2. The molecule has 0 radical (unpaired) electrons. The van der Waals surface area contributed by atoms with Crippen LogP contribution in [0.4, 0.5) is 16.3 Å². The monoisotopic (exact) mass is 948 g/mol. The van der Waals surface area contributed by atoms with E-state index in [2.05, 4.69) is 40.6 Å². The van der Waals surface area contributed by atoms with Crippen LogP contribution in [0.3, 0.4) is 0 Å². The van der Waals surface area contributed by atoms with Crippen LogP contribution in [0.5, 0.6) is 11.5 Å². The van der Waals surface area contributed by atoms with E-state index in [1.54, 1.807) is 4.90 Å². The highest BCUT2D eigenvalue weighted by Gasteiger charge is 2.40. The fraction of sp³-hybridized carbons (Fsp3) is 0.500. The lowest BCUT2D eigenvalue weighted by molar-refractivity contribution is -0.136. The number of benzene rings is 3. The number of anilines is 2. The van der Waals surface area contributed by atoms with Gasteiger partial charge < -0.3 is 30.1 Å². The first kappa shape index (κ1) is 45.9. The van der Waals surface area contributed by atoms with Crippen molar-refractivity contribution in [3.05, 3.63) is 90.3 Å². The molecule has 11 rings (SSSR count). The average molecular weight is 948 g/mol. The van der Waals surface area contributed by atoms with Crippen molar-refractivity contribution in [1.29, 1.82) is 0 Å². The standard InChI is InChI=1S/C54H65N11O5/c55-50-48-49(38-11-14-44(15-12-38)70-43-9-2-1-3-10-43)59-65(51(48)57-35-56-50)42-8-5-25-63(34-42)40-23-30-62(31-24-40)54(69)61-28-21-37(22-29-61)7-4-6-36-19-26-60(27-20-36)41-13-16-45-39(32-41)33-64(53(45)68)46-17-18-47(66)58-52(46)67/h1-3,9-16,32,35-37,40,42,46H,4-8,17-31,33-34H2,(H2,55,56,57)(H,58,66,67). The second-order valence-electron chi connectivity index (χ2n) is 20.5. The molecule has 16 nitrogen and oxygen atoms in total. The number of rotatable bonds is 11. The number of amides is 5. The van der Waals surface area contributed by atoms with Crippen LogP contribution < -0.4 is 20.7 Å². The zero-order valence-electron chi connectivity index (χ0n) is 40.1. The molecule has 16 heteroatoms. The maximum Gasteiger partial charge on any atom is 0.319 e. The normalized spacial score (nSPS) is 22.2. The number of ether oxygens (including phenoxy) is 1. The number of nitrogens with one attached hydrogen (secondary N) is 1. The van der Waals surface area contributed by atoms with E-state index in [1.807, 2.05) is 66.7 Å². The smallest absolute Gasteiger partial charge is 0.319 e. The third kappa shape index (κ3) is 9.54. The van der Waals surface area contributed by atoms with E-state index >= 15 is 0 Å². The van der Waals surface area contributed by atoms with Crippen molar-refractivity contribution in [3.63, 3.8) is 0 Å². The van der Waals surface area contributed by atoms with Gasteiger partial charge in [-0.05, 0) is 136 Å². The predicted molar refractivity (Wildman–Crippen MR) is 267 cm³/mol. The molecular weight excluding hydrogens is 883 g/mol. The maximum absolute atomic E-state index is 13.8. The molecule has 2 aromatic heterocycles. The summed E-state index contributed by atoms with van der Waals surface area (Å²) in [6.07, 6.45) is 14.4. The number of likely N-dealkylation sites (tertiary alicyclic amines) is 3. The number of aromatic nitrogens is 4. The van der Waals surface area contributed by atoms with Crippen LogP contribution in [-0.4, -0.2) is 128 Å². The van der Waals surface area contributed by atoms with Gasteiger partial charge in [-0.3, -0.25) is 24.6 Å². The molecule has 3 aromatic carbocycles. The number of piperidine rings is 5. The van der Waals surface area contributed by atoms with Crippen molar-refractivity contribution in [3.8, 4) is 22.8 Å². The van der Waals surface area contributed by atoms with Gasteiger partial charge in [0.25, 0.3) is 5.91 Å². The third-order valence-corrected chi connectivity index (χ3v) is 16.2. The van der Waals surface area contributed by atoms with Crippen molar-refractivity contribution >= 4 is 46.3 Å². The molecular formula is C54H65N11O5. The highest BCUT2D eigenvalue weighted by molar-refractivity contribution is 6.05. The molecule has 2 unspecified atom stereocenters. The van der Waals surface area contributed by atoms with Gasteiger partial charge in [-0.1, -0.05) is 37.5 Å². The lowest BCUT2D eigenvalue weighted by Gasteiger charge is -2.43. The van der Waals surface area contributed by atoms with Gasteiger partial charge in [0.15, 0.2) is 5.65 Å². The zero-order valence-corrected chi connectivity index (χ0v) is 40.1. The number of hydrogen-bond donors (Lipinski definition) is 2. The fourth-order valence-electron chi connectivity index (χ4n) is 12.2. The van der Waals surface area contributed by atoms with Crippen LogP contribution in [0.2, 0.25) is 0 Å². The van der Waals surface area contributed by atoms with E-state index in [4.69, 9.17) is 20.6 Å². The minimum Gasteiger partial charge on any atom is -0.457 e. The molecule has 5 saturated heterocycles. The number of carbonyl (C=O) groups is 4. The summed E-state index contributed by atoms with van der Waals surface area (Å²) in [6, 6.07) is 24.0. The number of urea groups is 1. The van der Waals surface area contributed by atoms with Gasteiger partial charge in [0, 0.05) is 81.6 Å². The quantitative estimate of drug-likeness (QED) is 0.125. The molecule has 366 valence electrons. The summed E-state index contributed by atoms with van der Waals surface area (Å²) in [7, 11) is 0. The molecule has 0 aliphatic carbocycles. The highest BCUT2D eigenvalue weighted by Crippen LogP contribution is 2.37. The van der Waals surface area contributed by atoms with Crippen molar-refractivity contribution < 1.29 is 23.9 Å². The summed E-state index contributed by atoms with van der Waals surface area (Å²) < 4.78 is 8.13. The first-order valence-corrected chi connectivity index (χ1v) is 25.8. The van der Waals surface area contributed by atoms with Crippen molar-refractivity contribution in [1.82, 2.24) is 44.7 Å². The van der Waals surface area contributed by atoms with Crippen LogP contribution in [0.1, 0.15) is 105 Å². The molecule has 6 aliphatic heterocycles. The molecule has 5 aromatic rings. The highest BCUT2D eigenvalue weighted by atomic mass is 16.5. The van der Waals surface area contributed by atoms with E-state index in [9.17, 15) is 19.2 Å². The Bertz CT molecular complexity index is 2710. The lowest BCUT2D eigenvalue weighted by Crippen LogP contribution is -2.53. The topological polar surface area (TPSA) is 175 Å². The van der Waals surface area contributed by atoms with E-state index in [1.165, 1.54) is 25.6 Å². The molecule has 3 N–H and O–H groups in total. The van der Waals surface area contributed by atoms with Crippen molar-refractivity contribution in [2.75, 3.05) is 63.0 Å². The first-order valence-electron chi connectivity index (χ1n) is 25.8. The summed E-state index contributed by atoms with van der Waals surface area (Å²) in [5.41, 5.74) is 11.8. The summed E-state index contributed by atoms with van der Waals surface area (Å²) in [6.45, 7) is 7.63. The summed E-state index contributed by atoms with van der Waals surface area (Å²) in [5, 5.41) is 8.36. The molecule has 0 bridgehead atoms. The predicted octanol–water partition coefficient (Wildman–Crippen LogP) is 7.65. The van der Waals surface area contributed by atoms with Crippen LogP contribution in [0.15, 0.2) is 79.1 Å². The Hall–Kier alpha value is -6.55. The Morgan fingerprint density at radius 2 is 1.44 bits per heavy atom. The Kier molecular flexibility index (Phi) is 13.1. The lowest BCUT2D eigenvalue weighted by atomic mass is 9.86. The SMILES string of the molecule is Nc1ncnc2c1c(-c1ccc(Oc3ccccc3)cc1)nn2C1CCCN(C2CCN(C(=O)N3CCC(CCCC4CCN(c5ccc6c(c5)CN(C5CCC(=O)NC5=O)C6=O)CC4)CC3)CC2)C1. The van der Waals surface area contributed by atoms with Crippen LogP contribution >= 0.6 is 0 Å². The van der Waals surface area contributed by atoms with Crippen LogP contribution in [0.25, 0.3) is 22.3 Å². The summed E-state index contributed by atoms with van der Waals surface area (Å²) in [5.74, 6) is 2.59. The zero-order chi connectivity index (χ0) is 47.7. The average Bonchev–Trinajstić information content (AvgIpc) is 3.95. The molecule has 0 saturated carbocycles. The second kappa shape index (κ2) is 20.1. The van der Waals surface area contributed by atoms with E-state index < -0.39 is 6.04 Å². The molecule has 6 aliphatic rings. The molecule has 8 heterocycles. The largest absolute Gasteiger partial charge is 0.457 e. The maximum atomic E-state index is 13.8. The van der Waals surface area contributed by atoms with Gasteiger partial charge in [-0.25, -0.2) is 19.4 Å². The summed E-state index contributed by atoms with van der Waals surface area (Å²) in [4.78, 5) is 71.1. The molecule has 70 heavy (non-hydrogen) atoms. The van der Waals surface area contributed by atoms with Gasteiger partial charge >= 0.3 is 6.03 Å². The number of fused-ring (bicyclic) bond motifs is 2. The van der Waals surface area contributed by atoms with E-state index in [0.717, 1.165) is 155 Å². The fourth-order valence-corrected chi connectivity index (χ4v) is 12.2. The second-order valence-corrected chi connectivity index (χ2v) is 20.5. The Morgan fingerprint density at radius 1 is 0.743 bits per heavy atom. The Labute approximate surface area is 409 Å². The molecule has 5 amide bonds. The Balaban J connectivity index is 0.608. The van der Waals surface area contributed by atoms with E-state index in [0.29, 0.717) is 36.3 Å². The van der Waals surface area contributed by atoms with Gasteiger partial charge in [0.1, 0.15) is 35.4 Å². The number of imide groups is 1. The molecule has 5 fully saturated rings. The number of nitrogen functional groups attached to an aromatic ring is 1. The minimum atomic E-state index is -0.591. The van der Waals surface area contributed by atoms with Crippen LogP contribution in [0, 0.1) is 11.8 Å². The third-order valence-electron chi connectivity index (χ3n) is 16.2. The molecule has 2 atom stereocenters. The van der Waals surface area contributed by atoms with E-state index in [-0.39, 0.29) is 36.2 Å². The Morgan fingerprint density at radius 3 is 2.17 bits per heavy atom. The van der Waals surface area contributed by atoms with Crippen LogP contribution in [-0.2, 0) is 16.1 Å². The minimum absolute atomic E-state index is 0.124. The number of hydrogen-bond acceptors (Lipinski definition) is 11. The van der Waals surface area contributed by atoms with Gasteiger partial charge in [-0.15, -0.1) is 0 Å². The van der Waals surface area contributed by atoms with Gasteiger partial charge in [-0.2, -0.15) is 5.10 Å². The van der Waals surface area contributed by atoms with Crippen molar-refractivity contribution in [2.45, 2.75) is 108 Å². The number of nitrogens with zero attached hydrogens (tertiary/aromatic N) is 9. The molecule has 0 spiro atoms. The number of para-hydroxylation sites is 1. The number of carbonyl (C=O) groups excluding carboxylic acids is 4. The number of nitrogens with two attached hydrogens (primary N) is 1. The van der Waals surface area contributed by atoms with Crippen molar-refractivity contribution in [2.24, 2.45) is 11.8 Å². The summed E-state index contributed by atoms with van der Waals surface area (Å²) >= 11 is 0.